The molecule has 2 N–H and O–H groups in total. The number of amides is 2. The Kier molecular flexibility index (Phi) is 4.00. The fourth-order valence-electron chi connectivity index (χ4n) is 3.58. The third-order valence-electron chi connectivity index (χ3n) is 5.04. The van der Waals surface area contributed by atoms with E-state index in [0.29, 0.717) is 6.54 Å². The van der Waals surface area contributed by atoms with Gasteiger partial charge in [-0.2, -0.15) is 0 Å². The lowest BCUT2D eigenvalue weighted by atomic mass is 10.0. The van der Waals surface area contributed by atoms with Crippen molar-refractivity contribution in [2.45, 2.75) is 38.6 Å². The number of hydrogen-bond donors (Lipinski definition) is 2. The highest BCUT2D eigenvalue weighted by atomic mass is 16.3. The lowest BCUT2D eigenvalue weighted by molar-refractivity contribution is 0.104. The van der Waals surface area contributed by atoms with Crippen LogP contribution in [0.1, 0.15) is 32.3 Å². The van der Waals surface area contributed by atoms with Gasteiger partial charge in [-0.1, -0.05) is 6.07 Å². The Bertz CT molecular complexity index is 575. The van der Waals surface area contributed by atoms with Crippen molar-refractivity contribution in [3.05, 3.63) is 23.8 Å². The number of carbonyl (C=O) groups is 1. The zero-order chi connectivity index (χ0) is 15.7. The summed E-state index contributed by atoms with van der Waals surface area (Å²) in [4.78, 5) is 16.6. The molecule has 1 atom stereocenters. The van der Waals surface area contributed by atoms with Crippen LogP contribution in [0.4, 0.5) is 16.2 Å². The maximum absolute atomic E-state index is 12.5. The monoisotopic (exact) mass is 303 g/mol. The van der Waals surface area contributed by atoms with Crippen LogP contribution >= 0.6 is 0 Å². The smallest absolute Gasteiger partial charge is 0.322 e. The maximum Gasteiger partial charge on any atom is 0.322 e. The molecule has 0 bridgehead atoms. The molecule has 22 heavy (non-hydrogen) atoms. The third kappa shape index (κ3) is 2.54. The second-order valence-corrected chi connectivity index (χ2v) is 6.51. The molecule has 120 valence electrons. The molecule has 5 heteroatoms. The minimum atomic E-state index is -0.434. The first-order valence-electron chi connectivity index (χ1n) is 8.15. The number of benzene rings is 1. The number of nitrogens with zero attached hydrogens (tertiary/aromatic N) is 2. The number of likely N-dealkylation sites (tertiary alicyclic amines) is 1. The summed E-state index contributed by atoms with van der Waals surface area (Å²) < 4.78 is 0. The van der Waals surface area contributed by atoms with Crippen LogP contribution < -0.4 is 10.2 Å². The van der Waals surface area contributed by atoms with Crippen LogP contribution in [0.15, 0.2) is 18.2 Å². The number of urea groups is 1. The molecule has 2 aliphatic heterocycles. The van der Waals surface area contributed by atoms with E-state index in [4.69, 9.17) is 0 Å². The van der Waals surface area contributed by atoms with Crippen molar-refractivity contribution in [2.24, 2.45) is 0 Å². The molecule has 5 nitrogen and oxygen atoms in total. The summed E-state index contributed by atoms with van der Waals surface area (Å²) >= 11 is 0. The van der Waals surface area contributed by atoms with E-state index < -0.39 is 5.54 Å². The molecule has 0 aliphatic carbocycles. The van der Waals surface area contributed by atoms with Crippen molar-refractivity contribution in [3.8, 4) is 0 Å². The lowest BCUT2D eigenvalue weighted by Gasteiger charge is -2.33. The van der Waals surface area contributed by atoms with Gasteiger partial charge in [-0.25, -0.2) is 4.79 Å². The van der Waals surface area contributed by atoms with Crippen LogP contribution in [0.5, 0.6) is 0 Å². The Morgan fingerprint density at radius 3 is 2.95 bits per heavy atom. The first kappa shape index (κ1) is 15.2. The zero-order valence-electron chi connectivity index (χ0n) is 13.4. The Labute approximate surface area is 131 Å². The van der Waals surface area contributed by atoms with E-state index in [1.165, 1.54) is 11.3 Å². The Hall–Kier alpha value is -1.75. The fraction of sp³-hybridized carbons (Fsp3) is 0.588. The number of aliphatic hydroxyl groups is 1. The summed E-state index contributed by atoms with van der Waals surface area (Å²) in [5, 5.41) is 12.6. The second-order valence-electron chi connectivity index (χ2n) is 6.51. The Balaban J connectivity index is 1.75. The van der Waals surface area contributed by atoms with Crippen LogP contribution in [-0.2, 0) is 6.42 Å². The molecule has 1 aromatic carbocycles. The number of likely N-dealkylation sites (N-methyl/N-ethyl adjacent to an activating group) is 1. The summed E-state index contributed by atoms with van der Waals surface area (Å²) in [7, 11) is 0. The van der Waals surface area contributed by atoms with Crippen LogP contribution in [0, 0.1) is 0 Å². The first-order chi connectivity index (χ1) is 10.6. The van der Waals surface area contributed by atoms with Crippen molar-refractivity contribution in [1.29, 1.82) is 0 Å². The average Bonchev–Trinajstić information content (AvgIpc) is 3.10. The number of hydrogen-bond acceptors (Lipinski definition) is 3. The van der Waals surface area contributed by atoms with Crippen molar-refractivity contribution in [1.82, 2.24) is 4.90 Å². The van der Waals surface area contributed by atoms with Gasteiger partial charge >= 0.3 is 6.03 Å². The molecule has 2 heterocycles. The van der Waals surface area contributed by atoms with E-state index in [9.17, 15) is 9.90 Å². The molecular weight excluding hydrogens is 278 g/mol. The Morgan fingerprint density at radius 2 is 2.23 bits per heavy atom. The quantitative estimate of drug-likeness (QED) is 0.902. The molecule has 3 rings (SSSR count). The second kappa shape index (κ2) is 5.80. The predicted octanol–water partition coefficient (Wildman–Crippen LogP) is 2.45. The SMILES string of the molecule is CCN1CCc2ccc(NC(=O)N3CCCC3(C)CO)cc21. The molecule has 1 fully saturated rings. The van der Waals surface area contributed by atoms with Crippen molar-refractivity contribution >= 4 is 17.4 Å². The van der Waals surface area contributed by atoms with Gasteiger partial charge in [-0.05, 0) is 50.8 Å². The number of anilines is 2. The number of nitrogens with one attached hydrogen (secondary N) is 1. The van der Waals surface area contributed by atoms with Gasteiger partial charge in [0.05, 0.1) is 12.1 Å². The van der Waals surface area contributed by atoms with E-state index >= 15 is 0 Å². The molecule has 1 saturated heterocycles. The van der Waals surface area contributed by atoms with Gasteiger partial charge in [0.2, 0.25) is 0 Å². The summed E-state index contributed by atoms with van der Waals surface area (Å²) in [6.07, 6.45) is 2.87. The summed E-state index contributed by atoms with van der Waals surface area (Å²) in [6.45, 7) is 6.85. The molecule has 0 saturated carbocycles. The summed E-state index contributed by atoms with van der Waals surface area (Å²) in [6, 6.07) is 6.03. The van der Waals surface area contributed by atoms with Gasteiger partial charge in [0.1, 0.15) is 0 Å². The third-order valence-corrected chi connectivity index (χ3v) is 5.04. The minimum Gasteiger partial charge on any atom is -0.394 e. The molecule has 0 spiro atoms. The summed E-state index contributed by atoms with van der Waals surface area (Å²) in [5.41, 5.74) is 2.97. The zero-order valence-corrected chi connectivity index (χ0v) is 13.4. The van der Waals surface area contributed by atoms with Gasteiger partial charge in [0.25, 0.3) is 0 Å². The van der Waals surface area contributed by atoms with Crippen LogP contribution in [0.25, 0.3) is 0 Å². The Morgan fingerprint density at radius 1 is 1.41 bits per heavy atom. The van der Waals surface area contributed by atoms with Crippen LogP contribution in [-0.4, -0.2) is 47.8 Å². The molecule has 1 unspecified atom stereocenters. The van der Waals surface area contributed by atoms with Gasteiger partial charge in [-0.3, -0.25) is 0 Å². The van der Waals surface area contributed by atoms with Gasteiger partial charge in [-0.15, -0.1) is 0 Å². The lowest BCUT2D eigenvalue weighted by Crippen LogP contribution is -2.49. The molecule has 2 amide bonds. The number of carbonyl (C=O) groups excluding carboxylic acids is 1. The van der Waals surface area contributed by atoms with E-state index in [1.807, 2.05) is 13.0 Å². The highest BCUT2D eigenvalue weighted by molar-refractivity contribution is 5.91. The van der Waals surface area contributed by atoms with Crippen LogP contribution in [0.3, 0.4) is 0 Å². The molecule has 2 aliphatic rings. The van der Waals surface area contributed by atoms with Crippen molar-refractivity contribution < 1.29 is 9.90 Å². The normalized spacial score (nSPS) is 23.8. The van der Waals surface area contributed by atoms with E-state index in [1.54, 1.807) is 4.90 Å². The van der Waals surface area contributed by atoms with Gasteiger partial charge in [0, 0.05) is 31.0 Å². The van der Waals surface area contributed by atoms with E-state index in [0.717, 1.165) is 38.0 Å². The molecule has 1 aromatic rings. The number of rotatable bonds is 3. The standard InChI is InChI=1S/C17H25N3O2/c1-3-19-10-7-13-5-6-14(11-15(13)19)18-16(22)20-9-4-8-17(20,2)12-21/h5-6,11,21H,3-4,7-10,12H2,1-2H3,(H,18,22). The van der Waals surface area contributed by atoms with Gasteiger partial charge in [0.15, 0.2) is 0 Å². The predicted molar refractivity (Wildman–Crippen MR) is 88.5 cm³/mol. The first-order valence-corrected chi connectivity index (χ1v) is 8.15. The minimum absolute atomic E-state index is 0.00816. The highest BCUT2D eigenvalue weighted by Gasteiger charge is 2.39. The van der Waals surface area contributed by atoms with Crippen molar-refractivity contribution in [3.63, 3.8) is 0 Å². The van der Waals surface area contributed by atoms with Crippen molar-refractivity contribution in [2.75, 3.05) is 36.5 Å². The topological polar surface area (TPSA) is 55.8 Å². The van der Waals surface area contributed by atoms with E-state index in [-0.39, 0.29) is 12.6 Å². The fourth-order valence-corrected chi connectivity index (χ4v) is 3.58. The highest BCUT2D eigenvalue weighted by Crippen LogP contribution is 2.32. The van der Waals surface area contributed by atoms with Gasteiger partial charge < -0.3 is 20.2 Å². The molecule has 0 radical (unpaired) electrons. The number of aliphatic hydroxyl groups excluding tert-OH is 1. The van der Waals surface area contributed by atoms with Crippen LogP contribution in [0.2, 0.25) is 0 Å². The molecule has 0 aromatic heterocycles. The largest absolute Gasteiger partial charge is 0.394 e. The summed E-state index contributed by atoms with van der Waals surface area (Å²) in [5.74, 6) is 0. The average molecular weight is 303 g/mol. The molecular formula is C17H25N3O2. The number of fused-ring (bicyclic) bond motifs is 1. The maximum atomic E-state index is 12.5. The van der Waals surface area contributed by atoms with E-state index in [2.05, 4.69) is 29.3 Å².